The molecular formula is C15H17Br2N5O. The van der Waals surface area contributed by atoms with E-state index in [1.807, 2.05) is 11.0 Å². The lowest BCUT2D eigenvalue weighted by Gasteiger charge is -2.46. The van der Waals surface area contributed by atoms with Crippen LogP contribution in [0.2, 0.25) is 0 Å². The predicted octanol–water partition coefficient (Wildman–Crippen LogP) is 3.13. The zero-order chi connectivity index (χ0) is 16.6. The van der Waals surface area contributed by atoms with Crippen LogP contribution in [-0.2, 0) is 0 Å². The fourth-order valence-electron chi connectivity index (χ4n) is 3.36. The van der Waals surface area contributed by atoms with Gasteiger partial charge in [0.25, 0.3) is 0 Å². The van der Waals surface area contributed by atoms with Crippen LogP contribution in [0.5, 0.6) is 0 Å². The molecule has 6 nitrogen and oxygen atoms in total. The van der Waals surface area contributed by atoms with E-state index in [0.29, 0.717) is 11.3 Å². The van der Waals surface area contributed by atoms with Crippen molar-refractivity contribution in [2.24, 2.45) is 21.5 Å². The molecule has 0 bridgehead atoms. The lowest BCUT2D eigenvalue weighted by molar-refractivity contribution is 0.112. The van der Waals surface area contributed by atoms with Gasteiger partial charge >= 0.3 is 0 Å². The summed E-state index contributed by atoms with van der Waals surface area (Å²) in [7, 11) is 0. The summed E-state index contributed by atoms with van der Waals surface area (Å²) >= 11 is 6.95. The van der Waals surface area contributed by atoms with Crippen molar-refractivity contribution in [1.29, 1.82) is 0 Å². The highest BCUT2D eigenvalue weighted by Crippen LogP contribution is 2.43. The summed E-state index contributed by atoms with van der Waals surface area (Å²) < 4.78 is 1.57. The normalized spacial score (nSPS) is 20.2. The number of nitrogens with two attached hydrogens (primary N) is 2. The highest BCUT2D eigenvalue weighted by molar-refractivity contribution is 9.11. The second-order valence-corrected chi connectivity index (χ2v) is 7.53. The van der Waals surface area contributed by atoms with Gasteiger partial charge in [0.2, 0.25) is 11.9 Å². The van der Waals surface area contributed by atoms with Crippen LogP contribution < -0.4 is 16.4 Å². The third-order valence-corrected chi connectivity index (χ3v) is 5.32. The average Bonchev–Trinajstić information content (AvgIpc) is 2.49. The van der Waals surface area contributed by atoms with Crippen LogP contribution in [0.4, 0.5) is 5.69 Å². The Morgan fingerprint density at radius 3 is 2.52 bits per heavy atom. The van der Waals surface area contributed by atoms with Crippen molar-refractivity contribution in [1.82, 2.24) is 0 Å². The van der Waals surface area contributed by atoms with Gasteiger partial charge in [-0.3, -0.25) is 9.69 Å². The van der Waals surface area contributed by atoms with Gasteiger partial charge < -0.3 is 11.5 Å². The predicted molar refractivity (Wildman–Crippen MR) is 98.8 cm³/mol. The molecule has 1 heterocycles. The SMILES string of the molecule is NC1=NC2(CCCCC2)N(c2c(Br)cc(Br)cc2C=O)C(N)=N1. The molecule has 3 rings (SSSR count). The van der Waals surface area contributed by atoms with E-state index >= 15 is 0 Å². The van der Waals surface area contributed by atoms with Crippen LogP contribution in [-0.4, -0.2) is 23.9 Å². The van der Waals surface area contributed by atoms with Crippen molar-refractivity contribution >= 4 is 55.8 Å². The number of nitrogens with zero attached hydrogens (tertiary/aromatic N) is 3. The minimum Gasteiger partial charge on any atom is -0.369 e. The van der Waals surface area contributed by atoms with Gasteiger partial charge in [-0.25, -0.2) is 4.99 Å². The number of hydrogen-bond acceptors (Lipinski definition) is 6. The van der Waals surface area contributed by atoms with E-state index < -0.39 is 5.66 Å². The monoisotopic (exact) mass is 441 g/mol. The van der Waals surface area contributed by atoms with Crippen molar-refractivity contribution in [3.63, 3.8) is 0 Å². The summed E-state index contributed by atoms with van der Waals surface area (Å²) in [6.45, 7) is 0. The molecule has 122 valence electrons. The summed E-state index contributed by atoms with van der Waals surface area (Å²) in [5.74, 6) is 0.465. The average molecular weight is 443 g/mol. The molecule has 1 aliphatic carbocycles. The standard InChI is InChI=1S/C15H17Br2N5O/c16-10-6-9(8-23)12(11(17)7-10)22-14(19)20-13(18)21-15(22)4-2-1-3-5-15/h6-8H,1-5H2,(H4,18,19,20,21). The number of benzene rings is 1. The van der Waals surface area contributed by atoms with Gasteiger partial charge in [-0.2, -0.15) is 4.99 Å². The number of aldehydes is 1. The minimum atomic E-state index is -0.567. The number of hydrogen-bond donors (Lipinski definition) is 2. The molecule has 0 saturated heterocycles. The van der Waals surface area contributed by atoms with Crippen LogP contribution in [0.25, 0.3) is 0 Å². The molecule has 0 aromatic heterocycles. The van der Waals surface area contributed by atoms with E-state index in [9.17, 15) is 4.79 Å². The number of carbonyl (C=O) groups excluding carboxylic acids is 1. The molecule has 0 amide bonds. The molecule has 2 aliphatic rings. The maximum absolute atomic E-state index is 11.6. The van der Waals surface area contributed by atoms with Crippen LogP contribution in [0.1, 0.15) is 42.5 Å². The van der Waals surface area contributed by atoms with Gasteiger partial charge in [-0.1, -0.05) is 22.4 Å². The number of aliphatic imine (C=N–C) groups is 2. The molecule has 8 heteroatoms. The molecule has 1 fully saturated rings. The maximum Gasteiger partial charge on any atom is 0.220 e. The summed E-state index contributed by atoms with van der Waals surface area (Å²) in [5.41, 5.74) is 12.7. The summed E-state index contributed by atoms with van der Waals surface area (Å²) in [5, 5.41) is 0. The van der Waals surface area contributed by atoms with E-state index in [0.717, 1.165) is 47.3 Å². The summed E-state index contributed by atoms with van der Waals surface area (Å²) in [6.07, 6.45) is 5.69. The van der Waals surface area contributed by atoms with Gasteiger partial charge in [-0.15, -0.1) is 0 Å². The Kier molecular flexibility index (Phi) is 4.46. The van der Waals surface area contributed by atoms with Crippen LogP contribution >= 0.6 is 31.9 Å². The number of anilines is 1. The quantitative estimate of drug-likeness (QED) is 0.687. The lowest BCUT2D eigenvalue weighted by atomic mass is 9.87. The fourth-order valence-corrected chi connectivity index (χ4v) is 4.79. The first-order chi connectivity index (χ1) is 11.0. The Bertz CT molecular complexity index is 710. The number of carbonyl (C=O) groups is 1. The Labute approximate surface area is 151 Å². The van der Waals surface area contributed by atoms with Gasteiger partial charge in [0.05, 0.1) is 5.69 Å². The van der Waals surface area contributed by atoms with Crippen LogP contribution in [0.3, 0.4) is 0 Å². The molecular weight excluding hydrogens is 426 g/mol. The van der Waals surface area contributed by atoms with Crippen LogP contribution in [0.15, 0.2) is 31.1 Å². The van der Waals surface area contributed by atoms with E-state index in [1.165, 1.54) is 0 Å². The molecule has 1 spiro atoms. The largest absolute Gasteiger partial charge is 0.369 e. The van der Waals surface area contributed by atoms with E-state index in [4.69, 9.17) is 11.5 Å². The Morgan fingerprint density at radius 2 is 1.87 bits per heavy atom. The first-order valence-corrected chi connectivity index (χ1v) is 8.99. The fraction of sp³-hybridized carbons (Fsp3) is 0.400. The van der Waals surface area contributed by atoms with Crippen molar-refractivity contribution in [2.75, 3.05) is 4.90 Å². The summed E-state index contributed by atoms with van der Waals surface area (Å²) in [6, 6.07) is 3.65. The highest BCUT2D eigenvalue weighted by atomic mass is 79.9. The second kappa shape index (κ2) is 6.24. The van der Waals surface area contributed by atoms with Crippen molar-refractivity contribution < 1.29 is 4.79 Å². The van der Waals surface area contributed by atoms with Gasteiger partial charge in [0.15, 0.2) is 6.29 Å². The summed E-state index contributed by atoms with van der Waals surface area (Å²) in [4.78, 5) is 22.2. The molecule has 0 radical (unpaired) electrons. The van der Waals surface area contributed by atoms with Gasteiger partial charge in [-0.05, 0) is 53.7 Å². The number of halogens is 2. The van der Waals surface area contributed by atoms with E-state index in [-0.39, 0.29) is 11.9 Å². The first-order valence-electron chi connectivity index (χ1n) is 7.41. The molecule has 0 unspecified atom stereocenters. The van der Waals surface area contributed by atoms with Crippen molar-refractivity contribution in [3.05, 3.63) is 26.6 Å². The minimum absolute atomic E-state index is 0.196. The molecule has 1 aromatic carbocycles. The maximum atomic E-state index is 11.6. The molecule has 0 atom stereocenters. The van der Waals surface area contributed by atoms with Gasteiger partial charge in [0.1, 0.15) is 5.66 Å². The number of rotatable bonds is 2. The molecule has 1 aliphatic heterocycles. The van der Waals surface area contributed by atoms with E-state index in [1.54, 1.807) is 6.07 Å². The third-order valence-electron chi connectivity index (χ3n) is 4.26. The zero-order valence-electron chi connectivity index (χ0n) is 12.4. The Hall–Kier alpha value is -1.41. The Balaban J connectivity index is 2.20. The molecule has 1 aromatic rings. The van der Waals surface area contributed by atoms with Crippen molar-refractivity contribution in [2.45, 2.75) is 37.8 Å². The Morgan fingerprint density at radius 1 is 1.17 bits per heavy atom. The lowest BCUT2D eigenvalue weighted by Crippen LogP contribution is -2.58. The smallest absolute Gasteiger partial charge is 0.220 e. The van der Waals surface area contributed by atoms with Gasteiger partial charge in [0, 0.05) is 14.5 Å². The van der Waals surface area contributed by atoms with E-state index in [2.05, 4.69) is 41.8 Å². The first kappa shape index (κ1) is 16.4. The third kappa shape index (κ3) is 2.89. The molecule has 23 heavy (non-hydrogen) atoms. The van der Waals surface area contributed by atoms with Crippen molar-refractivity contribution in [3.8, 4) is 0 Å². The molecule has 1 saturated carbocycles. The second-order valence-electron chi connectivity index (χ2n) is 5.76. The molecule has 4 N–H and O–H groups in total. The zero-order valence-corrected chi connectivity index (χ0v) is 15.6. The number of guanidine groups is 2. The topological polar surface area (TPSA) is 97.1 Å². The van der Waals surface area contributed by atoms with Crippen LogP contribution in [0, 0.1) is 0 Å². The highest BCUT2D eigenvalue weighted by Gasteiger charge is 2.44.